The molecule has 3 atom stereocenters. The maximum absolute atomic E-state index is 12.5. The zero-order chi connectivity index (χ0) is 14.4. The van der Waals surface area contributed by atoms with Crippen molar-refractivity contribution in [1.29, 1.82) is 0 Å². The Morgan fingerprint density at radius 3 is 3.24 bits per heavy atom. The molecule has 1 amide bonds. The predicted molar refractivity (Wildman–Crippen MR) is 84.8 cm³/mol. The Kier molecular flexibility index (Phi) is 3.19. The maximum atomic E-state index is 12.5. The van der Waals surface area contributed by atoms with Gasteiger partial charge in [0.25, 0.3) is 5.91 Å². The van der Waals surface area contributed by atoms with Crippen LogP contribution in [0.4, 0.5) is 0 Å². The number of nitrogens with zero attached hydrogens (tertiary/aromatic N) is 2. The van der Waals surface area contributed by atoms with Crippen LogP contribution in [0.3, 0.4) is 0 Å². The minimum absolute atomic E-state index is 0.0269. The summed E-state index contributed by atoms with van der Waals surface area (Å²) in [5.74, 6) is 0.736. The van der Waals surface area contributed by atoms with Crippen LogP contribution >= 0.6 is 11.3 Å². The van der Waals surface area contributed by atoms with Crippen LogP contribution in [0.5, 0.6) is 0 Å². The van der Waals surface area contributed by atoms with Crippen molar-refractivity contribution < 1.29 is 4.79 Å². The molecule has 2 bridgehead atoms. The number of carbonyl (C=O) groups is 1. The standard InChI is InChI=1S/C16H19N3OS/c1-10-13-3-5-21-15(13)7-14(17-10)16(20)18-12-6-11-2-4-19(8-11)9-12/h3,5,7,11-12H,2,4,6,8-9H2,1H3,(H,18,20). The first-order valence-corrected chi connectivity index (χ1v) is 8.45. The van der Waals surface area contributed by atoms with Crippen LogP contribution in [0.25, 0.3) is 10.1 Å². The smallest absolute Gasteiger partial charge is 0.270 e. The largest absolute Gasteiger partial charge is 0.347 e. The highest BCUT2D eigenvalue weighted by Gasteiger charge is 2.33. The summed E-state index contributed by atoms with van der Waals surface area (Å²) in [5, 5.41) is 6.38. The molecule has 1 N–H and O–H groups in total. The Labute approximate surface area is 128 Å². The topological polar surface area (TPSA) is 45.2 Å². The van der Waals surface area contributed by atoms with Crippen molar-refractivity contribution in [2.24, 2.45) is 5.92 Å². The molecule has 0 aliphatic carbocycles. The van der Waals surface area contributed by atoms with Gasteiger partial charge in [0.2, 0.25) is 0 Å². The molecule has 0 spiro atoms. The normalized spacial score (nSPS) is 28.0. The van der Waals surface area contributed by atoms with Crippen LogP contribution in [-0.2, 0) is 0 Å². The molecule has 2 aliphatic heterocycles. The van der Waals surface area contributed by atoms with Crippen molar-refractivity contribution in [2.75, 3.05) is 19.6 Å². The lowest BCUT2D eigenvalue weighted by Gasteiger charge is -2.30. The molecule has 2 aromatic heterocycles. The lowest BCUT2D eigenvalue weighted by molar-refractivity contribution is 0.0904. The van der Waals surface area contributed by atoms with Crippen molar-refractivity contribution in [3.05, 3.63) is 28.9 Å². The molecule has 0 aromatic carbocycles. The van der Waals surface area contributed by atoms with Crippen molar-refractivity contribution in [3.63, 3.8) is 0 Å². The van der Waals surface area contributed by atoms with E-state index in [0.29, 0.717) is 5.69 Å². The monoisotopic (exact) mass is 301 g/mol. The van der Waals surface area contributed by atoms with E-state index in [4.69, 9.17) is 0 Å². The molecule has 2 aliphatic rings. The Hall–Kier alpha value is -1.46. The highest BCUT2D eigenvalue weighted by Crippen LogP contribution is 2.27. The highest BCUT2D eigenvalue weighted by molar-refractivity contribution is 7.17. The first-order valence-electron chi connectivity index (χ1n) is 7.57. The lowest BCUT2D eigenvalue weighted by atomic mass is 9.97. The summed E-state index contributed by atoms with van der Waals surface area (Å²) in [7, 11) is 0. The summed E-state index contributed by atoms with van der Waals surface area (Å²) in [6.07, 6.45) is 2.40. The quantitative estimate of drug-likeness (QED) is 0.926. The van der Waals surface area contributed by atoms with Crippen LogP contribution in [0.2, 0.25) is 0 Å². The van der Waals surface area contributed by atoms with Crippen molar-refractivity contribution in [1.82, 2.24) is 15.2 Å². The molecule has 21 heavy (non-hydrogen) atoms. The van der Waals surface area contributed by atoms with Gasteiger partial charge in [0.1, 0.15) is 5.69 Å². The fraction of sp³-hybridized carbons (Fsp3) is 0.500. The molecule has 4 rings (SSSR count). The molecule has 0 saturated carbocycles. The van der Waals surface area contributed by atoms with Crippen LogP contribution in [0.1, 0.15) is 29.0 Å². The van der Waals surface area contributed by atoms with E-state index in [9.17, 15) is 4.79 Å². The van der Waals surface area contributed by atoms with Gasteiger partial charge in [0.05, 0.1) is 0 Å². The van der Waals surface area contributed by atoms with Gasteiger partial charge < -0.3 is 10.2 Å². The zero-order valence-corrected chi connectivity index (χ0v) is 12.9. The number of piperidine rings is 1. The minimum Gasteiger partial charge on any atom is -0.347 e. The van der Waals surface area contributed by atoms with Crippen molar-refractivity contribution in [2.45, 2.75) is 25.8 Å². The number of hydrogen-bond donors (Lipinski definition) is 1. The summed E-state index contributed by atoms with van der Waals surface area (Å²) in [4.78, 5) is 19.4. The summed E-state index contributed by atoms with van der Waals surface area (Å²) in [6.45, 7) is 5.36. The van der Waals surface area contributed by atoms with Crippen LogP contribution in [0.15, 0.2) is 17.5 Å². The third kappa shape index (κ3) is 2.45. The number of thiophene rings is 1. The Balaban J connectivity index is 1.53. The summed E-state index contributed by atoms with van der Waals surface area (Å²) in [5.41, 5.74) is 1.49. The Bertz CT molecular complexity index is 684. The van der Waals surface area contributed by atoms with E-state index in [1.807, 2.05) is 18.4 Å². The van der Waals surface area contributed by atoms with Gasteiger partial charge >= 0.3 is 0 Å². The predicted octanol–water partition coefficient (Wildman–Crippen LogP) is 2.43. The van der Waals surface area contributed by atoms with E-state index >= 15 is 0 Å². The number of nitrogens with one attached hydrogen (secondary N) is 1. The number of rotatable bonds is 2. The van der Waals surface area contributed by atoms with E-state index < -0.39 is 0 Å². The van der Waals surface area contributed by atoms with Crippen LogP contribution in [0, 0.1) is 12.8 Å². The van der Waals surface area contributed by atoms with Gasteiger partial charge in [-0.25, -0.2) is 4.98 Å². The van der Waals surface area contributed by atoms with E-state index in [0.717, 1.165) is 34.7 Å². The second kappa shape index (κ2) is 5.07. The number of pyridine rings is 1. The number of hydrogen-bond acceptors (Lipinski definition) is 4. The summed E-state index contributed by atoms with van der Waals surface area (Å²) >= 11 is 1.66. The number of aryl methyl sites for hydroxylation is 1. The Morgan fingerprint density at radius 1 is 1.48 bits per heavy atom. The number of amides is 1. The number of fused-ring (bicyclic) bond motifs is 3. The molecule has 4 nitrogen and oxygen atoms in total. The second-order valence-electron chi connectivity index (χ2n) is 6.25. The molecule has 4 heterocycles. The third-order valence-electron chi connectivity index (χ3n) is 4.68. The average molecular weight is 301 g/mol. The maximum Gasteiger partial charge on any atom is 0.270 e. The van der Waals surface area contributed by atoms with E-state index in [-0.39, 0.29) is 11.9 Å². The first-order chi connectivity index (χ1) is 10.2. The summed E-state index contributed by atoms with van der Waals surface area (Å²) < 4.78 is 1.14. The third-order valence-corrected chi connectivity index (χ3v) is 5.54. The molecule has 2 aromatic rings. The second-order valence-corrected chi connectivity index (χ2v) is 7.19. The van der Waals surface area contributed by atoms with Gasteiger partial charge in [0, 0.05) is 34.9 Å². The molecule has 2 saturated heterocycles. The van der Waals surface area contributed by atoms with E-state index in [1.54, 1.807) is 11.3 Å². The van der Waals surface area contributed by atoms with Gasteiger partial charge in [-0.05, 0) is 49.7 Å². The number of aromatic nitrogens is 1. The van der Waals surface area contributed by atoms with Gasteiger partial charge in [-0.3, -0.25) is 4.79 Å². The zero-order valence-electron chi connectivity index (χ0n) is 12.1. The van der Waals surface area contributed by atoms with Crippen LogP contribution in [-0.4, -0.2) is 41.5 Å². The van der Waals surface area contributed by atoms with E-state index in [2.05, 4.69) is 21.3 Å². The SMILES string of the molecule is Cc1nc(C(=O)NC2CC3CCN(C3)C2)cc2sccc12. The molecule has 110 valence electrons. The fourth-order valence-electron chi connectivity index (χ4n) is 3.67. The van der Waals surface area contributed by atoms with Crippen molar-refractivity contribution >= 4 is 27.3 Å². The summed E-state index contributed by atoms with van der Waals surface area (Å²) in [6, 6.07) is 4.26. The molecule has 0 radical (unpaired) electrons. The Morgan fingerprint density at radius 2 is 2.38 bits per heavy atom. The van der Waals surface area contributed by atoms with Gasteiger partial charge in [-0.2, -0.15) is 0 Å². The molecule has 5 heteroatoms. The van der Waals surface area contributed by atoms with Gasteiger partial charge in [-0.1, -0.05) is 0 Å². The van der Waals surface area contributed by atoms with E-state index in [1.165, 1.54) is 19.5 Å². The molecular formula is C16H19N3OS. The molecule has 3 unspecified atom stereocenters. The van der Waals surface area contributed by atoms with Crippen molar-refractivity contribution in [3.8, 4) is 0 Å². The molecule has 2 fully saturated rings. The lowest BCUT2D eigenvalue weighted by Crippen LogP contribution is -2.47. The first kappa shape index (κ1) is 13.2. The van der Waals surface area contributed by atoms with Gasteiger partial charge in [0.15, 0.2) is 0 Å². The average Bonchev–Trinajstić information content (AvgIpc) is 3.05. The van der Waals surface area contributed by atoms with Crippen LogP contribution < -0.4 is 5.32 Å². The number of carbonyl (C=O) groups excluding carboxylic acids is 1. The van der Waals surface area contributed by atoms with Gasteiger partial charge in [-0.15, -0.1) is 11.3 Å². The molecular weight excluding hydrogens is 282 g/mol. The highest BCUT2D eigenvalue weighted by atomic mass is 32.1. The fourth-order valence-corrected chi connectivity index (χ4v) is 4.54. The minimum atomic E-state index is -0.0269.